The lowest BCUT2D eigenvalue weighted by Crippen LogP contribution is -2.15. The summed E-state index contributed by atoms with van der Waals surface area (Å²) in [5.41, 5.74) is 3.99. The molecule has 0 aliphatic rings. The first-order valence-electron chi connectivity index (χ1n) is 10.2. The second kappa shape index (κ2) is 9.12. The summed E-state index contributed by atoms with van der Waals surface area (Å²) < 4.78 is 25.7. The molecule has 0 bridgehead atoms. The Bertz CT molecular complexity index is 1320. The predicted octanol–water partition coefficient (Wildman–Crippen LogP) is 4.96. The Labute approximate surface area is 190 Å². The Morgan fingerprint density at radius 1 is 0.939 bits per heavy atom. The maximum atomic E-state index is 13.5. The molecule has 8 heteroatoms. The molecule has 1 N–H and O–H groups in total. The Balaban J connectivity index is 1.77. The molecule has 1 heterocycles. The van der Waals surface area contributed by atoms with Crippen LogP contribution in [-0.2, 0) is 0 Å². The molecule has 1 aromatic heterocycles. The van der Waals surface area contributed by atoms with Gasteiger partial charge in [0.15, 0.2) is 5.82 Å². The van der Waals surface area contributed by atoms with E-state index >= 15 is 0 Å². The van der Waals surface area contributed by atoms with Crippen molar-refractivity contribution in [1.82, 2.24) is 14.8 Å². The van der Waals surface area contributed by atoms with Crippen LogP contribution in [-0.4, -0.2) is 34.9 Å². The van der Waals surface area contributed by atoms with Crippen molar-refractivity contribution in [3.05, 3.63) is 83.4 Å². The van der Waals surface area contributed by atoms with Crippen LogP contribution in [0.4, 0.5) is 10.1 Å². The first kappa shape index (κ1) is 22.0. The highest BCUT2D eigenvalue weighted by molar-refractivity contribution is 6.02. The van der Waals surface area contributed by atoms with Gasteiger partial charge in [-0.05, 0) is 73.5 Å². The zero-order valence-electron chi connectivity index (χ0n) is 18.7. The molecule has 0 saturated carbocycles. The Morgan fingerprint density at radius 3 is 2.36 bits per heavy atom. The number of halogens is 1. The average molecular weight is 446 g/mol. The fourth-order valence-corrected chi connectivity index (χ4v) is 3.32. The number of aryl methyl sites for hydroxylation is 2. The summed E-state index contributed by atoms with van der Waals surface area (Å²) in [5.74, 6) is 0.522. The van der Waals surface area contributed by atoms with E-state index in [1.807, 2.05) is 32.0 Å². The molecule has 4 aromatic rings. The summed E-state index contributed by atoms with van der Waals surface area (Å²) >= 11 is 0. The van der Waals surface area contributed by atoms with Crippen molar-refractivity contribution in [2.75, 3.05) is 19.5 Å². The van der Waals surface area contributed by atoms with Gasteiger partial charge in [0.05, 0.1) is 25.6 Å². The third-order valence-electron chi connectivity index (χ3n) is 5.30. The van der Waals surface area contributed by atoms with Crippen molar-refractivity contribution in [1.29, 1.82) is 0 Å². The van der Waals surface area contributed by atoms with E-state index in [0.29, 0.717) is 28.6 Å². The predicted molar refractivity (Wildman–Crippen MR) is 124 cm³/mol. The minimum atomic E-state index is -0.521. The quantitative estimate of drug-likeness (QED) is 0.453. The molecule has 3 aromatic carbocycles. The van der Waals surface area contributed by atoms with Crippen LogP contribution in [0.1, 0.15) is 21.7 Å². The molecule has 0 fully saturated rings. The second-order valence-electron chi connectivity index (χ2n) is 7.47. The van der Waals surface area contributed by atoms with E-state index in [4.69, 9.17) is 9.47 Å². The van der Waals surface area contributed by atoms with Gasteiger partial charge in [0.2, 0.25) is 5.82 Å². The van der Waals surface area contributed by atoms with Gasteiger partial charge in [-0.15, -0.1) is 5.10 Å². The number of hydrogen-bond acceptors (Lipinski definition) is 5. The standard InChI is InChI=1S/C25H23FN4O3/c1-15-5-10-19(13-16(15)2)30-24(17-6-8-18(26)9-7-17)28-23(29-30)25(31)27-21-14-20(32-3)11-12-22(21)33-4/h5-14H,1-4H3,(H,27,31). The van der Waals surface area contributed by atoms with Crippen molar-refractivity contribution in [2.24, 2.45) is 0 Å². The van der Waals surface area contributed by atoms with Gasteiger partial charge in [0.25, 0.3) is 5.91 Å². The minimum absolute atomic E-state index is 0.0440. The second-order valence-corrected chi connectivity index (χ2v) is 7.47. The smallest absolute Gasteiger partial charge is 0.295 e. The summed E-state index contributed by atoms with van der Waals surface area (Å²) in [4.78, 5) is 17.6. The zero-order valence-corrected chi connectivity index (χ0v) is 18.7. The van der Waals surface area contributed by atoms with Crippen LogP contribution in [0.3, 0.4) is 0 Å². The SMILES string of the molecule is COc1ccc(OC)c(NC(=O)c2nc(-c3ccc(F)cc3)n(-c3ccc(C)c(C)c3)n2)c1. The normalized spacial score (nSPS) is 10.7. The summed E-state index contributed by atoms with van der Waals surface area (Å²) in [7, 11) is 3.05. The molecule has 0 radical (unpaired) electrons. The highest BCUT2D eigenvalue weighted by Gasteiger charge is 2.20. The first-order chi connectivity index (χ1) is 15.9. The van der Waals surface area contributed by atoms with E-state index < -0.39 is 5.91 Å². The van der Waals surface area contributed by atoms with Gasteiger partial charge in [-0.1, -0.05) is 6.07 Å². The third-order valence-corrected chi connectivity index (χ3v) is 5.30. The maximum absolute atomic E-state index is 13.5. The molecular weight excluding hydrogens is 423 g/mol. The van der Waals surface area contributed by atoms with Crippen molar-refractivity contribution >= 4 is 11.6 Å². The van der Waals surface area contributed by atoms with Crippen LogP contribution in [0, 0.1) is 19.7 Å². The lowest BCUT2D eigenvalue weighted by molar-refractivity contribution is 0.101. The highest BCUT2D eigenvalue weighted by Crippen LogP contribution is 2.29. The maximum Gasteiger partial charge on any atom is 0.295 e. The molecule has 168 valence electrons. The van der Waals surface area contributed by atoms with Gasteiger partial charge >= 0.3 is 0 Å². The Hall–Kier alpha value is -4.20. The molecule has 0 unspecified atom stereocenters. The number of nitrogens with zero attached hydrogens (tertiary/aromatic N) is 3. The fourth-order valence-electron chi connectivity index (χ4n) is 3.32. The molecular formula is C25H23FN4O3. The Morgan fingerprint density at radius 2 is 1.70 bits per heavy atom. The van der Waals surface area contributed by atoms with Crippen LogP contribution < -0.4 is 14.8 Å². The summed E-state index contributed by atoms with van der Waals surface area (Å²) in [6, 6.07) is 16.8. The Kier molecular flexibility index (Phi) is 6.08. The number of anilines is 1. The number of amides is 1. The van der Waals surface area contributed by atoms with E-state index in [2.05, 4.69) is 15.4 Å². The third kappa shape index (κ3) is 4.55. The number of benzene rings is 3. The minimum Gasteiger partial charge on any atom is -0.497 e. The molecule has 1 amide bonds. The van der Waals surface area contributed by atoms with Crippen molar-refractivity contribution in [3.8, 4) is 28.6 Å². The van der Waals surface area contributed by atoms with E-state index in [-0.39, 0.29) is 11.6 Å². The van der Waals surface area contributed by atoms with Crippen molar-refractivity contribution in [2.45, 2.75) is 13.8 Å². The molecule has 0 spiro atoms. The van der Waals surface area contributed by atoms with Crippen molar-refractivity contribution in [3.63, 3.8) is 0 Å². The van der Waals surface area contributed by atoms with Gasteiger partial charge < -0.3 is 14.8 Å². The topological polar surface area (TPSA) is 78.3 Å². The molecule has 0 aliphatic heterocycles. The molecule has 4 rings (SSSR count). The number of carbonyl (C=O) groups is 1. The van der Waals surface area contributed by atoms with Crippen LogP contribution in [0.2, 0.25) is 0 Å². The van der Waals surface area contributed by atoms with Crippen LogP contribution in [0.15, 0.2) is 60.7 Å². The van der Waals surface area contributed by atoms with Gasteiger partial charge in [-0.25, -0.2) is 14.1 Å². The number of ether oxygens (including phenoxy) is 2. The lowest BCUT2D eigenvalue weighted by atomic mass is 10.1. The number of hydrogen-bond donors (Lipinski definition) is 1. The molecule has 0 saturated heterocycles. The fraction of sp³-hybridized carbons (Fsp3) is 0.160. The first-order valence-corrected chi connectivity index (χ1v) is 10.2. The lowest BCUT2D eigenvalue weighted by Gasteiger charge is -2.10. The highest BCUT2D eigenvalue weighted by atomic mass is 19.1. The van der Waals surface area contributed by atoms with Gasteiger partial charge in [0.1, 0.15) is 17.3 Å². The number of methoxy groups -OCH3 is 2. The summed E-state index contributed by atoms with van der Waals surface area (Å²) in [6.45, 7) is 4.01. The molecule has 0 atom stereocenters. The zero-order chi connectivity index (χ0) is 23.5. The number of nitrogens with one attached hydrogen (secondary N) is 1. The van der Waals surface area contributed by atoms with E-state index in [0.717, 1.165) is 16.8 Å². The molecule has 33 heavy (non-hydrogen) atoms. The van der Waals surface area contributed by atoms with Crippen LogP contribution >= 0.6 is 0 Å². The summed E-state index contributed by atoms with van der Waals surface area (Å²) in [6.07, 6.45) is 0. The average Bonchev–Trinajstić information content (AvgIpc) is 3.27. The van der Waals surface area contributed by atoms with Gasteiger partial charge in [-0.3, -0.25) is 4.79 Å². The largest absolute Gasteiger partial charge is 0.497 e. The summed E-state index contributed by atoms with van der Waals surface area (Å²) in [5, 5.41) is 7.26. The van der Waals surface area contributed by atoms with Crippen LogP contribution in [0.5, 0.6) is 11.5 Å². The number of rotatable bonds is 6. The van der Waals surface area contributed by atoms with E-state index in [1.54, 1.807) is 35.0 Å². The molecule has 7 nitrogen and oxygen atoms in total. The van der Waals surface area contributed by atoms with E-state index in [9.17, 15) is 9.18 Å². The van der Waals surface area contributed by atoms with E-state index in [1.165, 1.54) is 26.4 Å². The van der Waals surface area contributed by atoms with Gasteiger partial charge in [-0.2, -0.15) is 0 Å². The van der Waals surface area contributed by atoms with Crippen molar-refractivity contribution < 1.29 is 18.7 Å². The molecule has 0 aliphatic carbocycles. The number of carbonyl (C=O) groups excluding carboxylic acids is 1. The number of aromatic nitrogens is 3. The van der Waals surface area contributed by atoms with Crippen LogP contribution in [0.25, 0.3) is 17.1 Å². The van der Waals surface area contributed by atoms with Gasteiger partial charge in [0, 0.05) is 11.6 Å². The monoisotopic (exact) mass is 446 g/mol.